The van der Waals surface area contributed by atoms with E-state index in [4.69, 9.17) is 4.98 Å². The second kappa shape index (κ2) is 3.00. The van der Waals surface area contributed by atoms with Crippen molar-refractivity contribution in [1.82, 2.24) is 9.55 Å². The number of imidazole rings is 1. The molecule has 1 saturated carbocycles. The Hall–Kier alpha value is -0.990. The van der Waals surface area contributed by atoms with Crippen LogP contribution in [0.25, 0.3) is 0 Å². The van der Waals surface area contributed by atoms with E-state index in [0.717, 1.165) is 11.9 Å². The van der Waals surface area contributed by atoms with Crippen molar-refractivity contribution in [3.8, 4) is 0 Å². The van der Waals surface area contributed by atoms with Crippen LogP contribution in [0.2, 0.25) is 0 Å². The SMILES string of the molecule is Cc1c(C2CC2)nc2n1C(C)CC(C)N2. The molecule has 3 rings (SSSR count). The summed E-state index contributed by atoms with van der Waals surface area (Å²) < 4.78 is 2.38. The highest BCUT2D eigenvalue weighted by atomic mass is 15.3. The summed E-state index contributed by atoms with van der Waals surface area (Å²) in [4.78, 5) is 4.77. The number of nitrogens with one attached hydrogen (secondary N) is 1. The van der Waals surface area contributed by atoms with Crippen LogP contribution in [-0.4, -0.2) is 15.6 Å². The quantitative estimate of drug-likeness (QED) is 0.764. The Kier molecular flexibility index (Phi) is 1.85. The molecule has 82 valence electrons. The van der Waals surface area contributed by atoms with E-state index in [9.17, 15) is 0 Å². The third kappa shape index (κ3) is 1.36. The number of hydrogen-bond donors (Lipinski definition) is 1. The molecule has 0 bridgehead atoms. The highest BCUT2D eigenvalue weighted by Gasteiger charge is 2.32. The number of hydrogen-bond acceptors (Lipinski definition) is 2. The fourth-order valence-electron chi connectivity index (χ4n) is 2.81. The lowest BCUT2D eigenvalue weighted by Gasteiger charge is -2.29. The largest absolute Gasteiger partial charge is 0.353 e. The highest BCUT2D eigenvalue weighted by Crippen LogP contribution is 2.43. The van der Waals surface area contributed by atoms with E-state index >= 15 is 0 Å². The first-order valence-electron chi connectivity index (χ1n) is 6.02. The molecule has 0 saturated heterocycles. The molecule has 2 heterocycles. The minimum Gasteiger partial charge on any atom is -0.353 e. The highest BCUT2D eigenvalue weighted by molar-refractivity contribution is 5.39. The summed E-state index contributed by atoms with van der Waals surface area (Å²) in [5.41, 5.74) is 2.73. The van der Waals surface area contributed by atoms with Crippen molar-refractivity contribution in [2.24, 2.45) is 0 Å². The van der Waals surface area contributed by atoms with E-state index in [-0.39, 0.29) is 0 Å². The van der Waals surface area contributed by atoms with Crippen molar-refractivity contribution in [2.45, 2.75) is 58.0 Å². The lowest BCUT2D eigenvalue weighted by atomic mass is 10.1. The molecule has 1 aliphatic carbocycles. The van der Waals surface area contributed by atoms with Gasteiger partial charge in [0.1, 0.15) is 0 Å². The average molecular weight is 205 g/mol. The summed E-state index contributed by atoms with van der Waals surface area (Å²) in [6.45, 7) is 6.76. The molecule has 1 fully saturated rings. The van der Waals surface area contributed by atoms with Crippen LogP contribution >= 0.6 is 0 Å². The van der Waals surface area contributed by atoms with Gasteiger partial charge in [0.15, 0.2) is 0 Å². The standard InChI is InChI=1S/C12H19N3/c1-7-6-8(2)15-9(3)11(10-4-5-10)14-12(15)13-7/h7-8,10H,4-6H2,1-3H3,(H,13,14). The van der Waals surface area contributed by atoms with Crippen LogP contribution in [-0.2, 0) is 0 Å². The minimum absolute atomic E-state index is 0.557. The molecule has 1 N–H and O–H groups in total. The van der Waals surface area contributed by atoms with Crippen LogP contribution < -0.4 is 5.32 Å². The van der Waals surface area contributed by atoms with Crippen LogP contribution in [0.1, 0.15) is 56.5 Å². The molecule has 2 atom stereocenters. The molecular formula is C12H19N3. The van der Waals surface area contributed by atoms with Crippen LogP contribution in [0.15, 0.2) is 0 Å². The van der Waals surface area contributed by atoms with Crippen molar-refractivity contribution in [3.05, 3.63) is 11.4 Å². The summed E-state index contributed by atoms with van der Waals surface area (Å²) in [6, 6.07) is 1.15. The molecule has 0 aromatic carbocycles. The van der Waals surface area contributed by atoms with E-state index in [1.807, 2.05) is 0 Å². The Morgan fingerprint density at radius 2 is 2.07 bits per heavy atom. The molecule has 2 aliphatic rings. The lowest BCUT2D eigenvalue weighted by Crippen LogP contribution is -2.28. The maximum Gasteiger partial charge on any atom is 0.203 e. The molecule has 1 aromatic rings. The Bertz CT molecular complexity index is 390. The van der Waals surface area contributed by atoms with Gasteiger partial charge in [0.05, 0.1) is 5.69 Å². The van der Waals surface area contributed by atoms with Gasteiger partial charge in [0.25, 0.3) is 0 Å². The van der Waals surface area contributed by atoms with Gasteiger partial charge in [0, 0.05) is 23.7 Å². The van der Waals surface area contributed by atoms with Gasteiger partial charge in [-0.1, -0.05) is 0 Å². The van der Waals surface area contributed by atoms with Crippen molar-refractivity contribution in [2.75, 3.05) is 5.32 Å². The van der Waals surface area contributed by atoms with Gasteiger partial charge in [-0.15, -0.1) is 0 Å². The lowest BCUT2D eigenvalue weighted by molar-refractivity contribution is 0.442. The Labute approximate surface area is 90.9 Å². The van der Waals surface area contributed by atoms with Crippen molar-refractivity contribution < 1.29 is 0 Å². The topological polar surface area (TPSA) is 29.9 Å². The maximum atomic E-state index is 4.77. The summed E-state index contributed by atoms with van der Waals surface area (Å²) in [5, 5.41) is 3.49. The molecule has 0 amide bonds. The second-order valence-electron chi connectivity index (χ2n) is 5.18. The summed E-state index contributed by atoms with van der Waals surface area (Å²) in [5.74, 6) is 1.85. The second-order valence-corrected chi connectivity index (χ2v) is 5.18. The van der Waals surface area contributed by atoms with E-state index in [1.165, 1.54) is 30.7 Å². The predicted octanol–water partition coefficient (Wildman–Crippen LogP) is 2.83. The van der Waals surface area contributed by atoms with Gasteiger partial charge < -0.3 is 9.88 Å². The van der Waals surface area contributed by atoms with Crippen molar-refractivity contribution in [3.63, 3.8) is 0 Å². The number of nitrogens with zero attached hydrogens (tertiary/aromatic N) is 2. The molecule has 3 heteroatoms. The maximum absolute atomic E-state index is 4.77. The normalized spacial score (nSPS) is 29.8. The van der Waals surface area contributed by atoms with Crippen molar-refractivity contribution in [1.29, 1.82) is 0 Å². The van der Waals surface area contributed by atoms with Gasteiger partial charge in [-0.2, -0.15) is 0 Å². The molecule has 0 radical (unpaired) electrons. The third-order valence-electron chi connectivity index (χ3n) is 3.66. The predicted molar refractivity (Wildman–Crippen MR) is 61.4 cm³/mol. The first kappa shape index (κ1) is 9.25. The van der Waals surface area contributed by atoms with Crippen LogP contribution in [0.5, 0.6) is 0 Å². The zero-order valence-corrected chi connectivity index (χ0v) is 9.75. The Morgan fingerprint density at radius 3 is 2.73 bits per heavy atom. The minimum atomic E-state index is 0.557. The zero-order chi connectivity index (χ0) is 10.6. The molecule has 0 spiro atoms. The van der Waals surface area contributed by atoms with E-state index < -0.39 is 0 Å². The van der Waals surface area contributed by atoms with Crippen LogP contribution in [0.3, 0.4) is 0 Å². The summed E-state index contributed by atoms with van der Waals surface area (Å²) >= 11 is 0. The first-order chi connectivity index (χ1) is 7.16. The zero-order valence-electron chi connectivity index (χ0n) is 9.75. The third-order valence-corrected chi connectivity index (χ3v) is 3.66. The molecule has 2 unspecified atom stereocenters. The van der Waals surface area contributed by atoms with Gasteiger partial charge in [0.2, 0.25) is 5.95 Å². The monoisotopic (exact) mass is 205 g/mol. The van der Waals surface area contributed by atoms with Crippen molar-refractivity contribution >= 4 is 5.95 Å². The van der Waals surface area contributed by atoms with Crippen LogP contribution in [0, 0.1) is 6.92 Å². The number of rotatable bonds is 1. The number of aromatic nitrogens is 2. The molecule has 15 heavy (non-hydrogen) atoms. The van der Waals surface area contributed by atoms with Gasteiger partial charge >= 0.3 is 0 Å². The number of fused-ring (bicyclic) bond motifs is 1. The first-order valence-corrected chi connectivity index (χ1v) is 6.02. The van der Waals surface area contributed by atoms with Crippen LogP contribution in [0.4, 0.5) is 5.95 Å². The molecule has 3 nitrogen and oxygen atoms in total. The Morgan fingerprint density at radius 1 is 1.33 bits per heavy atom. The summed E-state index contributed by atoms with van der Waals surface area (Å²) in [7, 11) is 0. The smallest absolute Gasteiger partial charge is 0.203 e. The van der Waals surface area contributed by atoms with Gasteiger partial charge in [-0.3, -0.25) is 0 Å². The summed E-state index contributed by atoms with van der Waals surface area (Å²) in [6.07, 6.45) is 3.87. The van der Waals surface area contributed by atoms with Gasteiger partial charge in [-0.25, -0.2) is 4.98 Å². The van der Waals surface area contributed by atoms with E-state index in [1.54, 1.807) is 0 Å². The molecule has 1 aliphatic heterocycles. The van der Waals surface area contributed by atoms with E-state index in [2.05, 4.69) is 30.7 Å². The van der Waals surface area contributed by atoms with E-state index in [0.29, 0.717) is 12.1 Å². The molecule has 1 aromatic heterocycles. The Balaban J connectivity index is 2.06. The average Bonchev–Trinajstić information content (AvgIpc) is 2.92. The molecular weight excluding hydrogens is 186 g/mol. The van der Waals surface area contributed by atoms with Gasteiger partial charge in [-0.05, 0) is 40.0 Å². The fraction of sp³-hybridized carbons (Fsp3) is 0.750. The number of anilines is 1. The fourth-order valence-corrected chi connectivity index (χ4v) is 2.81.